The van der Waals surface area contributed by atoms with Crippen LogP contribution in [0.2, 0.25) is 0 Å². The third-order valence-electron chi connectivity index (χ3n) is 5.79. The zero-order valence-corrected chi connectivity index (χ0v) is 12.4. The molecule has 1 saturated heterocycles. The third kappa shape index (κ3) is 1.32. The monoisotopic (exact) mass is 298 g/mol. The molecule has 0 saturated carbocycles. The molecule has 2 heteroatoms. The minimum absolute atomic E-state index is 0.0348. The van der Waals surface area contributed by atoms with E-state index in [2.05, 4.69) is 48.5 Å². The Bertz CT molecular complexity index is 1000. The van der Waals surface area contributed by atoms with Crippen molar-refractivity contribution in [1.29, 1.82) is 0 Å². The molecule has 2 bridgehead atoms. The first-order valence-corrected chi connectivity index (χ1v) is 8.14. The second kappa shape index (κ2) is 3.90. The number of hydrogen-bond acceptors (Lipinski definition) is 2. The average molecular weight is 298 g/mol. The van der Waals surface area contributed by atoms with E-state index in [9.17, 15) is 4.79 Å². The van der Waals surface area contributed by atoms with Gasteiger partial charge in [0.05, 0.1) is 18.1 Å². The number of benzene rings is 3. The number of ether oxygens (including phenoxy) is 1. The van der Waals surface area contributed by atoms with E-state index in [4.69, 9.17) is 4.74 Å². The molecule has 0 unspecified atom stereocenters. The molecule has 6 rings (SSSR count). The van der Waals surface area contributed by atoms with E-state index in [1.807, 2.05) is 12.1 Å². The topological polar surface area (TPSA) is 26.3 Å². The Hall–Kier alpha value is -2.45. The Balaban J connectivity index is 1.62. The zero-order chi connectivity index (χ0) is 15.1. The quantitative estimate of drug-likeness (QED) is 0.608. The minimum Gasteiger partial charge on any atom is -0.364 e. The van der Waals surface area contributed by atoms with Crippen LogP contribution in [0.3, 0.4) is 0 Å². The highest BCUT2D eigenvalue weighted by molar-refractivity contribution is 6.07. The van der Waals surface area contributed by atoms with Crippen molar-refractivity contribution < 1.29 is 9.53 Å². The summed E-state index contributed by atoms with van der Waals surface area (Å²) in [5.74, 6) is 0.404. The number of carbonyl (C=O) groups excluding carboxylic acids is 1. The van der Waals surface area contributed by atoms with Crippen molar-refractivity contribution >= 4 is 16.6 Å². The first kappa shape index (κ1) is 12.0. The highest BCUT2D eigenvalue weighted by Gasteiger charge is 2.59. The highest BCUT2D eigenvalue weighted by atomic mass is 16.5. The van der Waals surface area contributed by atoms with Gasteiger partial charge in [-0.15, -0.1) is 0 Å². The average Bonchev–Trinajstić information content (AvgIpc) is 3.24. The maximum atomic E-state index is 13.0. The predicted octanol–water partition coefficient (Wildman–Crippen LogP) is 4.56. The summed E-state index contributed by atoms with van der Waals surface area (Å²) < 4.78 is 6.23. The van der Waals surface area contributed by atoms with Gasteiger partial charge < -0.3 is 4.74 Å². The van der Waals surface area contributed by atoms with E-state index >= 15 is 0 Å². The van der Waals surface area contributed by atoms with Gasteiger partial charge in [0.2, 0.25) is 0 Å². The Labute approximate surface area is 133 Å². The van der Waals surface area contributed by atoms with E-state index in [0.717, 1.165) is 10.9 Å². The molecular weight excluding hydrogens is 284 g/mol. The lowest BCUT2D eigenvalue weighted by atomic mass is 9.76. The molecule has 1 aliphatic carbocycles. The van der Waals surface area contributed by atoms with Crippen LogP contribution >= 0.6 is 0 Å². The Morgan fingerprint density at radius 3 is 2.04 bits per heavy atom. The summed E-state index contributed by atoms with van der Waals surface area (Å²) in [6, 6.07) is 20.9. The van der Waals surface area contributed by atoms with Crippen LogP contribution in [0.5, 0.6) is 0 Å². The fourth-order valence-corrected chi connectivity index (χ4v) is 4.85. The van der Waals surface area contributed by atoms with E-state index in [-0.39, 0.29) is 29.8 Å². The summed E-state index contributed by atoms with van der Waals surface area (Å²) >= 11 is 0. The summed E-state index contributed by atoms with van der Waals surface area (Å²) in [5, 5.41) is 2.35. The fraction of sp³-hybridized carbons (Fsp3) is 0.190. The molecule has 0 radical (unpaired) electrons. The lowest BCUT2D eigenvalue weighted by molar-refractivity contribution is 0.0526. The molecular formula is C21H14O2. The lowest BCUT2D eigenvalue weighted by Gasteiger charge is -2.23. The molecule has 0 aromatic heterocycles. The number of hydrogen-bond donors (Lipinski definition) is 0. The van der Waals surface area contributed by atoms with Crippen LogP contribution in [0.25, 0.3) is 10.8 Å². The van der Waals surface area contributed by atoms with Crippen LogP contribution in [0.4, 0.5) is 0 Å². The molecule has 3 aromatic carbocycles. The van der Waals surface area contributed by atoms with Crippen LogP contribution in [0.15, 0.2) is 60.7 Å². The Kier molecular flexibility index (Phi) is 2.04. The van der Waals surface area contributed by atoms with Crippen molar-refractivity contribution in [3.63, 3.8) is 0 Å². The van der Waals surface area contributed by atoms with Gasteiger partial charge in [-0.1, -0.05) is 54.6 Å². The van der Waals surface area contributed by atoms with Crippen LogP contribution in [-0.4, -0.2) is 5.78 Å². The fourth-order valence-electron chi connectivity index (χ4n) is 4.85. The number of Topliss-reactive ketones (excluding diaryl/α,β-unsaturated/α-hetero) is 1. The standard InChI is InChI=1S/C21H14O2/c22-19-16-10-12-6-2-1-5-11(12)9-15(16)17-18(19)21-14-8-4-3-7-13(14)20(17)23-21/h1-10,17-18,20-21H/t17-,18-,20+,21-/m0/s1. The van der Waals surface area contributed by atoms with Crippen LogP contribution < -0.4 is 0 Å². The predicted molar refractivity (Wildman–Crippen MR) is 87.5 cm³/mol. The second-order valence-electron chi connectivity index (χ2n) is 6.81. The molecule has 3 aromatic rings. The van der Waals surface area contributed by atoms with Crippen molar-refractivity contribution in [2.75, 3.05) is 0 Å². The minimum atomic E-state index is -0.0655. The molecule has 4 atom stereocenters. The van der Waals surface area contributed by atoms with Gasteiger partial charge in [-0.05, 0) is 33.5 Å². The first-order chi connectivity index (χ1) is 11.3. The highest BCUT2D eigenvalue weighted by Crippen LogP contribution is 2.64. The zero-order valence-electron chi connectivity index (χ0n) is 12.4. The van der Waals surface area contributed by atoms with E-state index in [1.54, 1.807) is 0 Å². The SMILES string of the molecule is O=C1c2cc3ccccc3cc2[C@H]2[C@@H]1[C@H]1O[C@@H]2c2ccccc21. The van der Waals surface area contributed by atoms with Crippen molar-refractivity contribution in [1.82, 2.24) is 0 Å². The smallest absolute Gasteiger partial charge is 0.169 e. The molecule has 2 aliphatic heterocycles. The summed E-state index contributed by atoms with van der Waals surface area (Å²) in [5.41, 5.74) is 4.57. The largest absolute Gasteiger partial charge is 0.364 e. The molecule has 1 fully saturated rings. The van der Waals surface area contributed by atoms with Crippen molar-refractivity contribution in [2.24, 2.45) is 5.92 Å². The normalized spacial score (nSPS) is 29.7. The molecule has 2 nitrogen and oxygen atoms in total. The molecule has 110 valence electrons. The van der Waals surface area contributed by atoms with Crippen LogP contribution in [0, 0.1) is 5.92 Å². The van der Waals surface area contributed by atoms with E-state index in [0.29, 0.717) is 0 Å². The molecule has 0 amide bonds. The maximum absolute atomic E-state index is 13.0. The van der Waals surface area contributed by atoms with Crippen molar-refractivity contribution in [3.05, 3.63) is 82.9 Å². The summed E-state index contributed by atoms with van der Waals surface area (Å²) in [7, 11) is 0. The molecule has 3 aliphatic rings. The van der Waals surface area contributed by atoms with E-state index < -0.39 is 0 Å². The molecule has 0 spiro atoms. The summed E-state index contributed by atoms with van der Waals surface area (Å²) in [6.07, 6.45) is -0.0308. The van der Waals surface area contributed by atoms with E-state index in [1.165, 1.54) is 22.1 Å². The summed E-state index contributed by atoms with van der Waals surface area (Å²) in [4.78, 5) is 13.0. The second-order valence-corrected chi connectivity index (χ2v) is 6.81. The number of carbonyl (C=O) groups is 1. The van der Waals surface area contributed by atoms with Crippen molar-refractivity contribution in [3.8, 4) is 0 Å². The first-order valence-electron chi connectivity index (χ1n) is 8.14. The van der Waals surface area contributed by atoms with Gasteiger partial charge in [0.15, 0.2) is 5.78 Å². The van der Waals surface area contributed by atoms with Gasteiger partial charge in [0.1, 0.15) is 0 Å². The Morgan fingerprint density at radius 1 is 0.696 bits per heavy atom. The Morgan fingerprint density at radius 2 is 1.30 bits per heavy atom. The lowest BCUT2D eigenvalue weighted by Crippen LogP contribution is -2.20. The van der Waals surface area contributed by atoms with Gasteiger partial charge in [0.25, 0.3) is 0 Å². The molecule has 23 heavy (non-hydrogen) atoms. The van der Waals surface area contributed by atoms with Gasteiger partial charge >= 0.3 is 0 Å². The number of rotatable bonds is 0. The summed E-state index contributed by atoms with van der Waals surface area (Å²) in [6.45, 7) is 0. The number of ketones is 1. The number of fused-ring (bicyclic) bond motifs is 11. The molecule has 2 heterocycles. The van der Waals surface area contributed by atoms with Crippen molar-refractivity contribution in [2.45, 2.75) is 18.1 Å². The van der Waals surface area contributed by atoms with Crippen LogP contribution in [-0.2, 0) is 4.74 Å². The van der Waals surface area contributed by atoms with Gasteiger partial charge in [-0.2, -0.15) is 0 Å². The van der Waals surface area contributed by atoms with Gasteiger partial charge in [0, 0.05) is 11.5 Å². The van der Waals surface area contributed by atoms with Crippen LogP contribution in [0.1, 0.15) is 45.2 Å². The van der Waals surface area contributed by atoms with Gasteiger partial charge in [-0.3, -0.25) is 4.79 Å². The van der Waals surface area contributed by atoms with Gasteiger partial charge in [-0.25, -0.2) is 0 Å². The molecule has 0 N–H and O–H groups in total. The third-order valence-corrected chi connectivity index (χ3v) is 5.79. The maximum Gasteiger partial charge on any atom is 0.169 e.